The third kappa shape index (κ3) is 4.62. The molecule has 0 spiro atoms. The number of aromatic nitrogens is 1. The lowest BCUT2D eigenvalue weighted by Gasteiger charge is -2.22. The molecule has 9 heteroatoms. The number of pyridine rings is 1. The fourth-order valence-electron chi connectivity index (χ4n) is 3.43. The van der Waals surface area contributed by atoms with Crippen LogP contribution in [0.3, 0.4) is 0 Å². The Morgan fingerprint density at radius 1 is 1.03 bits per heavy atom. The number of alkyl halides is 3. The lowest BCUT2D eigenvalue weighted by molar-refractivity contribution is -0.137. The molecule has 1 aliphatic heterocycles. The Kier molecular flexibility index (Phi) is 6.18. The predicted molar refractivity (Wildman–Crippen MR) is 116 cm³/mol. The van der Waals surface area contributed by atoms with Gasteiger partial charge in [0.15, 0.2) is 0 Å². The summed E-state index contributed by atoms with van der Waals surface area (Å²) in [4.78, 5) is 32.2. The second kappa shape index (κ2) is 9.04. The molecule has 2 heterocycles. The quantitative estimate of drug-likeness (QED) is 0.539. The van der Waals surface area contributed by atoms with Gasteiger partial charge >= 0.3 is 6.18 Å². The van der Waals surface area contributed by atoms with Gasteiger partial charge in [-0.3, -0.25) is 9.59 Å². The molecular weight excluding hydrogens is 439 g/mol. The van der Waals surface area contributed by atoms with Crippen LogP contribution < -0.4 is 10.2 Å². The summed E-state index contributed by atoms with van der Waals surface area (Å²) in [7, 11) is 0. The number of hydrogen-bond acceptors (Lipinski definition) is 4. The zero-order chi connectivity index (χ0) is 22.7. The average Bonchev–Trinajstić information content (AvgIpc) is 2.88. The molecule has 0 radical (unpaired) electrons. The minimum Gasteiger partial charge on any atom is -0.326 e. The highest BCUT2D eigenvalue weighted by Gasteiger charge is 2.33. The number of halogens is 3. The minimum absolute atomic E-state index is 0.0413. The third-order valence-corrected chi connectivity index (χ3v) is 5.99. The van der Waals surface area contributed by atoms with E-state index in [-0.39, 0.29) is 31.0 Å². The van der Waals surface area contributed by atoms with Gasteiger partial charge in [-0.25, -0.2) is 4.98 Å². The van der Waals surface area contributed by atoms with Gasteiger partial charge in [-0.15, -0.1) is 0 Å². The molecule has 0 bridgehead atoms. The first-order valence-corrected chi connectivity index (χ1v) is 10.7. The number of hydrogen-bond donors (Lipinski definition) is 1. The number of rotatable bonds is 5. The molecule has 32 heavy (non-hydrogen) atoms. The van der Waals surface area contributed by atoms with Crippen LogP contribution in [0.1, 0.15) is 28.8 Å². The Bertz CT molecular complexity index is 1170. The van der Waals surface area contributed by atoms with E-state index in [0.717, 1.165) is 11.0 Å². The van der Waals surface area contributed by atoms with E-state index in [1.807, 2.05) is 12.1 Å². The molecule has 1 aromatic heterocycles. The van der Waals surface area contributed by atoms with Crippen LogP contribution in [0.2, 0.25) is 0 Å². The molecule has 0 atom stereocenters. The van der Waals surface area contributed by atoms with E-state index in [0.29, 0.717) is 16.3 Å². The third-order valence-electron chi connectivity index (χ3n) is 4.90. The Labute approximate surface area is 186 Å². The van der Waals surface area contributed by atoms with E-state index in [9.17, 15) is 22.8 Å². The molecule has 4 rings (SSSR count). The van der Waals surface area contributed by atoms with Gasteiger partial charge in [0.2, 0.25) is 5.91 Å². The second-order valence-electron chi connectivity index (χ2n) is 7.08. The van der Waals surface area contributed by atoms with Gasteiger partial charge in [0.05, 0.1) is 22.5 Å². The van der Waals surface area contributed by atoms with E-state index in [4.69, 9.17) is 0 Å². The number of carbonyl (C=O) groups excluding carboxylic acids is 2. The number of fused-ring (bicyclic) bond motifs is 2. The Balaban J connectivity index is 1.47. The maximum atomic E-state index is 13.2. The van der Waals surface area contributed by atoms with E-state index in [1.54, 1.807) is 35.4 Å². The van der Waals surface area contributed by atoms with Crippen molar-refractivity contribution in [1.29, 1.82) is 0 Å². The van der Waals surface area contributed by atoms with E-state index in [2.05, 4.69) is 10.3 Å². The number of nitrogens with zero attached hydrogens (tertiary/aromatic N) is 2. The number of amides is 2. The first-order chi connectivity index (χ1) is 15.3. The molecule has 2 aromatic carbocycles. The van der Waals surface area contributed by atoms with Crippen molar-refractivity contribution in [2.45, 2.75) is 28.9 Å². The second-order valence-corrected chi connectivity index (χ2v) is 8.11. The Morgan fingerprint density at radius 3 is 2.59 bits per heavy atom. The molecule has 164 valence electrons. The number of carbonyl (C=O) groups is 2. The monoisotopic (exact) mass is 457 g/mol. The summed E-state index contributed by atoms with van der Waals surface area (Å²) in [5, 5.41) is 3.01. The van der Waals surface area contributed by atoms with Crippen LogP contribution in [-0.4, -0.2) is 23.3 Å². The highest BCUT2D eigenvalue weighted by molar-refractivity contribution is 7.99. The summed E-state index contributed by atoms with van der Waals surface area (Å²) >= 11 is 1.40. The van der Waals surface area contributed by atoms with Gasteiger partial charge in [-0.2, -0.15) is 13.2 Å². The van der Waals surface area contributed by atoms with Crippen LogP contribution in [0.4, 0.5) is 24.5 Å². The molecular formula is C23H18F3N3O2S. The lowest BCUT2D eigenvalue weighted by atomic mass is 10.1. The summed E-state index contributed by atoms with van der Waals surface area (Å²) in [6.45, 7) is 0.223. The standard InChI is InChI=1S/C23H18F3N3O2S/c24-23(25,26)16-8-2-3-9-17(16)28-20(30)12-6-14-29-18-10-5-13-27-21(18)32-19-11-4-1-7-15(19)22(29)31/h1-5,7-11,13H,6,12,14H2,(H,28,30). The van der Waals surface area contributed by atoms with Crippen LogP contribution in [0.15, 0.2) is 76.8 Å². The summed E-state index contributed by atoms with van der Waals surface area (Å²) < 4.78 is 39.4. The van der Waals surface area contributed by atoms with Crippen molar-refractivity contribution in [3.05, 3.63) is 78.0 Å². The molecule has 0 fully saturated rings. The number of anilines is 2. The van der Waals surface area contributed by atoms with E-state index in [1.165, 1.54) is 30.0 Å². The molecule has 1 aliphatic rings. The molecule has 0 saturated carbocycles. The average molecular weight is 457 g/mol. The largest absolute Gasteiger partial charge is 0.418 e. The maximum absolute atomic E-state index is 13.2. The molecule has 3 aromatic rings. The number of benzene rings is 2. The summed E-state index contributed by atoms with van der Waals surface area (Å²) in [6, 6.07) is 15.6. The zero-order valence-corrected chi connectivity index (χ0v) is 17.5. The fourth-order valence-corrected chi connectivity index (χ4v) is 4.45. The summed E-state index contributed by atoms with van der Waals surface area (Å²) in [6.07, 6.45) is -2.69. The zero-order valence-electron chi connectivity index (χ0n) is 16.7. The van der Waals surface area contributed by atoms with E-state index >= 15 is 0 Å². The predicted octanol–water partition coefficient (Wildman–Crippen LogP) is 5.63. The van der Waals surface area contributed by atoms with Crippen LogP contribution in [0, 0.1) is 0 Å². The van der Waals surface area contributed by atoms with Gasteiger partial charge in [0.1, 0.15) is 5.03 Å². The first kappa shape index (κ1) is 21.9. The van der Waals surface area contributed by atoms with Crippen LogP contribution in [0.25, 0.3) is 0 Å². The smallest absolute Gasteiger partial charge is 0.326 e. The highest BCUT2D eigenvalue weighted by Crippen LogP contribution is 2.40. The number of para-hydroxylation sites is 1. The lowest BCUT2D eigenvalue weighted by Crippen LogP contribution is -2.32. The van der Waals surface area contributed by atoms with Gasteiger partial charge in [-0.05, 0) is 42.8 Å². The van der Waals surface area contributed by atoms with Crippen molar-refractivity contribution in [2.24, 2.45) is 0 Å². The molecule has 0 aliphatic carbocycles. The van der Waals surface area contributed by atoms with Gasteiger partial charge < -0.3 is 10.2 Å². The van der Waals surface area contributed by atoms with Crippen molar-refractivity contribution >= 4 is 35.0 Å². The van der Waals surface area contributed by atoms with Crippen molar-refractivity contribution in [2.75, 3.05) is 16.8 Å². The van der Waals surface area contributed by atoms with Gasteiger partial charge in [0.25, 0.3) is 5.91 Å². The summed E-state index contributed by atoms with van der Waals surface area (Å²) in [5.74, 6) is -0.757. The SMILES string of the molecule is O=C(CCCN1C(=O)c2ccccc2Sc2ncccc21)Nc1ccccc1C(F)(F)F. The highest BCUT2D eigenvalue weighted by atomic mass is 32.2. The van der Waals surface area contributed by atoms with Crippen LogP contribution in [0.5, 0.6) is 0 Å². The van der Waals surface area contributed by atoms with Gasteiger partial charge in [0, 0.05) is 24.1 Å². The topological polar surface area (TPSA) is 62.3 Å². The molecule has 5 nitrogen and oxygen atoms in total. The van der Waals surface area contributed by atoms with Crippen LogP contribution >= 0.6 is 11.8 Å². The van der Waals surface area contributed by atoms with Crippen molar-refractivity contribution < 1.29 is 22.8 Å². The fraction of sp³-hybridized carbons (Fsp3) is 0.174. The molecule has 0 unspecified atom stereocenters. The van der Waals surface area contributed by atoms with Crippen molar-refractivity contribution in [3.8, 4) is 0 Å². The summed E-state index contributed by atoms with van der Waals surface area (Å²) in [5.41, 5.74) is 0.000910. The van der Waals surface area contributed by atoms with Crippen molar-refractivity contribution in [1.82, 2.24) is 4.98 Å². The van der Waals surface area contributed by atoms with Crippen LogP contribution in [-0.2, 0) is 11.0 Å². The normalized spacial score (nSPS) is 13.2. The Hall–Kier alpha value is -3.33. The first-order valence-electron chi connectivity index (χ1n) is 9.84. The van der Waals surface area contributed by atoms with Crippen molar-refractivity contribution in [3.63, 3.8) is 0 Å². The number of nitrogens with one attached hydrogen (secondary N) is 1. The molecule has 0 saturated heterocycles. The molecule has 2 amide bonds. The van der Waals surface area contributed by atoms with Gasteiger partial charge in [-0.1, -0.05) is 36.0 Å². The van der Waals surface area contributed by atoms with E-state index < -0.39 is 17.6 Å². The Morgan fingerprint density at radius 2 is 1.78 bits per heavy atom. The molecule has 1 N–H and O–H groups in total. The minimum atomic E-state index is -4.57. The maximum Gasteiger partial charge on any atom is 0.418 e.